The molecule has 2 saturated heterocycles. The maximum absolute atomic E-state index is 12.6. The average Bonchev–Trinajstić information content (AvgIpc) is 2.59. The van der Waals surface area contributed by atoms with Crippen LogP contribution in [0.1, 0.15) is 59.3 Å². The van der Waals surface area contributed by atoms with Crippen LogP contribution in [0.5, 0.6) is 0 Å². The van der Waals surface area contributed by atoms with Gasteiger partial charge in [-0.05, 0) is 62.6 Å². The first-order valence-electron chi connectivity index (χ1n) is 10.5. The molecule has 0 aromatic rings. The lowest BCUT2D eigenvalue weighted by molar-refractivity contribution is -0.143. The minimum Gasteiger partial charge on any atom is -0.481 e. The van der Waals surface area contributed by atoms with Gasteiger partial charge in [0, 0.05) is 25.9 Å². The normalized spacial score (nSPS) is 24.9. The summed E-state index contributed by atoms with van der Waals surface area (Å²) in [6.07, 6.45) is 3.62. The molecule has 0 aromatic heterocycles. The van der Waals surface area contributed by atoms with Gasteiger partial charge in [0.05, 0.1) is 5.92 Å². The molecule has 160 valence electrons. The van der Waals surface area contributed by atoms with Gasteiger partial charge in [-0.1, -0.05) is 20.8 Å². The first-order chi connectivity index (χ1) is 13.0. The first kappa shape index (κ1) is 22.7. The number of likely N-dealkylation sites (tertiary alicyclic amines) is 2. The van der Waals surface area contributed by atoms with E-state index in [-0.39, 0.29) is 35.5 Å². The van der Waals surface area contributed by atoms with Gasteiger partial charge in [0.1, 0.15) is 0 Å². The highest BCUT2D eigenvalue weighted by molar-refractivity contribution is 5.77. The largest absolute Gasteiger partial charge is 0.481 e. The lowest BCUT2D eigenvalue weighted by Gasteiger charge is -2.40. The van der Waals surface area contributed by atoms with Gasteiger partial charge in [-0.15, -0.1) is 0 Å². The summed E-state index contributed by atoms with van der Waals surface area (Å²) in [5.41, 5.74) is -0.0566. The topological polar surface area (TPSA) is 98.2 Å². The SMILES string of the molecule is CC(C)(C)CC(=O)N1CC[C@@H](CC(=O)O)[C@@H](CCN2CCC(C(=O)O)CC2)C1. The van der Waals surface area contributed by atoms with E-state index in [1.165, 1.54) is 0 Å². The Morgan fingerprint density at radius 3 is 2.14 bits per heavy atom. The van der Waals surface area contributed by atoms with Crippen molar-refractivity contribution in [2.75, 3.05) is 32.7 Å². The van der Waals surface area contributed by atoms with E-state index in [0.717, 1.165) is 32.5 Å². The highest BCUT2D eigenvalue weighted by atomic mass is 16.4. The molecular weight excluding hydrogens is 360 g/mol. The van der Waals surface area contributed by atoms with Crippen LogP contribution in [0.2, 0.25) is 0 Å². The minimum atomic E-state index is -0.772. The van der Waals surface area contributed by atoms with Crippen LogP contribution in [0, 0.1) is 23.2 Å². The van der Waals surface area contributed by atoms with E-state index in [1.54, 1.807) is 0 Å². The maximum Gasteiger partial charge on any atom is 0.306 e. The van der Waals surface area contributed by atoms with E-state index in [4.69, 9.17) is 5.11 Å². The molecule has 2 heterocycles. The molecule has 0 radical (unpaired) electrons. The Hall–Kier alpha value is -1.63. The van der Waals surface area contributed by atoms with Crippen molar-refractivity contribution < 1.29 is 24.6 Å². The van der Waals surface area contributed by atoms with Gasteiger partial charge in [0.15, 0.2) is 0 Å². The molecule has 0 bridgehead atoms. The Morgan fingerprint density at radius 1 is 0.964 bits per heavy atom. The quantitative estimate of drug-likeness (QED) is 0.686. The minimum absolute atomic E-state index is 0.0566. The third-order valence-corrected chi connectivity index (χ3v) is 6.12. The van der Waals surface area contributed by atoms with Crippen LogP contribution in [-0.4, -0.2) is 70.6 Å². The maximum atomic E-state index is 12.6. The molecule has 0 saturated carbocycles. The lowest BCUT2D eigenvalue weighted by atomic mass is 9.80. The summed E-state index contributed by atoms with van der Waals surface area (Å²) in [4.78, 5) is 39.2. The van der Waals surface area contributed by atoms with Crippen LogP contribution < -0.4 is 0 Å². The number of amides is 1. The van der Waals surface area contributed by atoms with Crippen molar-refractivity contribution in [3.05, 3.63) is 0 Å². The van der Waals surface area contributed by atoms with Crippen molar-refractivity contribution in [2.24, 2.45) is 23.2 Å². The molecule has 0 aliphatic carbocycles. The summed E-state index contributed by atoms with van der Waals surface area (Å²) in [5.74, 6) is -1.27. The van der Waals surface area contributed by atoms with E-state index in [1.807, 2.05) is 4.90 Å². The molecule has 2 aliphatic heterocycles. The Bertz CT molecular complexity index is 564. The van der Waals surface area contributed by atoms with Crippen molar-refractivity contribution in [2.45, 2.75) is 59.3 Å². The van der Waals surface area contributed by atoms with Crippen LogP contribution >= 0.6 is 0 Å². The molecule has 2 atom stereocenters. The van der Waals surface area contributed by atoms with Crippen LogP contribution in [0.4, 0.5) is 0 Å². The third kappa shape index (κ3) is 7.08. The van der Waals surface area contributed by atoms with Gasteiger partial charge in [0.2, 0.25) is 5.91 Å². The van der Waals surface area contributed by atoms with Crippen molar-refractivity contribution in [1.29, 1.82) is 0 Å². The van der Waals surface area contributed by atoms with E-state index < -0.39 is 11.9 Å². The average molecular weight is 397 g/mol. The van der Waals surface area contributed by atoms with Gasteiger partial charge in [-0.25, -0.2) is 0 Å². The zero-order valence-electron chi connectivity index (χ0n) is 17.5. The summed E-state index contributed by atoms with van der Waals surface area (Å²) < 4.78 is 0. The van der Waals surface area contributed by atoms with E-state index in [2.05, 4.69) is 25.7 Å². The van der Waals surface area contributed by atoms with E-state index in [0.29, 0.717) is 32.4 Å². The number of carboxylic acids is 2. The Kier molecular flexibility index (Phi) is 7.87. The van der Waals surface area contributed by atoms with Crippen molar-refractivity contribution in [3.63, 3.8) is 0 Å². The Labute approximate surface area is 168 Å². The van der Waals surface area contributed by atoms with Crippen LogP contribution in [0.3, 0.4) is 0 Å². The summed E-state index contributed by atoms with van der Waals surface area (Å²) in [6.45, 7) is 9.85. The third-order valence-electron chi connectivity index (χ3n) is 6.12. The zero-order chi connectivity index (χ0) is 20.9. The molecule has 2 N–H and O–H groups in total. The number of piperidine rings is 2. The van der Waals surface area contributed by atoms with E-state index in [9.17, 15) is 19.5 Å². The number of aliphatic carboxylic acids is 2. The monoisotopic (exact) mass is 396 g/mol. The number of hydrogen-bond donors (Lipinski definition) is 2. The van der Waals surface area contributed by atoms with Gasteiger partial charge >= 0.3 is 11.9 Å². The van der Waals surface area contributed by atoms with Gasteiger partial charge in [-0.3, -0.25) is 14.4 Å². The molecule has 2 rings (SSSR count). The van der Waals surface area contributed by atoms with E-state index >= 15 is 0 Å². The van der Waals surface area contributed by atoms with Crippen LogP contribution in [-0.2, 0) is 14.4 Å². The molecule has 7 heteroatoms. The molecular formula is C21H36N2O5. The predicted octanol–water partition coefficient (Wildman–Crippen LogP) is 2.55. The number of carboxylic acid groups (broad SMARTS) is 2. The zero-order valence-corrected chi connectivity index (χ0v) is 17.5. The van der Waals surface area contributed by atoms with Crippen molar-refractivity contribution in [1.82, 2.24) is 9.80 Å². The second-order valence-electron chi connectivity index (χ2n) is 9.73. The van der Waals surface area contributed by atoms with Crippen LogP contribution in [0.25, 0.3) is 0 Å². The molecule has 7 nitrogen and oxygen atoms in total. The molecule has 0 unspecified atom stereocenters. The summed E-state index contributed by atoms with van der Waals surface area (Å²) in [5, 5.41) is 18.4. The summed E-state index contributed by atoms with van der Waals surface area (Å²) in [7, 11) is 0. The number of carbonyl (C=O) groups excluding carboxylic acids is 1. The fourth-order valence-corrected chi connectivity index (χ4v) is 4.44. The molecule has 2 fully saturated rings. The smallest absolute Gasteiger partial charge is 0.306 e. The van der Waals surface area contributed by atoms with Crippen LogP contribution in [0.15, 0.2) is 0 Å². The second-order valence-corrected chi connectivity index (χ2v) is 9.73. The Balaban J connectivity index is 1.91. The predicted molar refractivity (Wildman–Crippen MR) is 106 cm³/mol. The first-order valence-corrected chi connectivity index (χ1v) is 10.5. The molecule has 2 aliphatic rings. The number of nitrogens with zero attached hydrogens (tertiary/aromatic N) is 2. The summed E-state index contributed by atoms with van der Waals surface area (Å²) >= 11 is 0. The summed E-state index contributed by atoms with van der Waals surface area (Å²) in [6, 6.07) is 0. The number of hydrogen-bond acceptors (Lipinski definition) is 4. The van der Waals surface area contributed by atoms with Gasteiger partial charge < -0.3 is 20.0 Å². The highest BCUT2D eigenvalue weighted by Crippen LogP contribution is 2.31. The standard InChI is InChI=1S/C21H36N2O5/c1-21(2,3)13-18(24)23-11-7-16(12-19(25)26)17(14-23)6-10-22-8-4-15(5-9-22)20(27)28/h15-17H,4-14H2,1-3H3,(H,25,26)(H,27,28)/t16-,17-/m0/s1. The second kappa shape index (κ2) is 9.72. The van der Waals surface area contributed by atoms with Gasteiger partial charge in [0.25, 0.3) is 0 Å². The van der Waals surface area contributed by atoms with Crippen molar-refractivity contribution in [3.8, 4) is 0 Å². The van der Waals surface area contributed by atoms with Gasteiger partial charge in [-0.2, -0.15) is 0 Å². The lowest BCUT2D eigenvalue weighted by Crippen LogP contribution is -2.46. The number of carbonyl (C=O) groups is 3. The highest BCUT2D eigenvalue weighted by Gasteiger charge is 2.34. The Morgan fingerprint density at radius 2 is 1.61 bits per heavy atom. The molecule has 28 heavy (non-hydrogen) atoms. The van der Waals surface area contributed by atoms with Crippen molar-refractivity contribution >= 4 is 17.8 Å². The molecule has 0 spiro atoms. The fourth-order valence-electron chi connectivity index (χ4n) is 4.44. The molecule has 0 aromatic carbocycles. The molecule has 1 amide bonds. The fraction of sp³-hybridized carbons (Fsp3) is 0.857. The number of rotatable bonds is 7.